The standard InChI is InChI=1S/C17H14FNO2/c18-16-8-7-15(13-5-1-2-6-14(13)16)17(20)19-10-9-12-4-3-11-21-12/h1-8,11H,9-10H2,(H,19,20). The van der Waals surface area contributed by atoms with Crippen LogP contribution in [0.25, 0.3) is 10.8 Å². The van der Waals surface area contributed by atoms with E-state index in [9.17, 15) is 9.18 Å². The SMILES string of the molecule is O=C(NCCc1ccco1)c1ccc(F)c2ccccc12. The Balaban J connectivity index is 1.77. The van der Waals surface area contributed by atoms with Crippen molar-refractivity contribution in [3.05, 3.63) is 71.9 Å². The van der Waals surface area contributed by atoms with Crippen LogP contribution in [-0.2, 0) is 6.42 Å². The molecule has 3 aromatic rings. The summed E-state index contributed by atoms with van der Waals surface area (Å²) in [6, 6.07) is 13.5. The molecule has 3 rings (SSSR count). The second-order valence-corrected chi connectivity index (χ2v) is 4.73. The Labute approximate surface area is 121 Å². The van der Waals surface area contributed by atoms with Crippen LogP contribution in [0.5, 0.6) is 0 Å². The summed E-state index contributed by atoms with van der Waals surface area (Å²) in [5.74, 6) is 0.287. The van der Waals surface area contributed by atoms with Crippen molar-refractivity contribution in [3.63, 3.8) is 0 Å². The Kier molecular flexibility index (Phi) is 3.69. The van der Waals surface area contributed by atoms with Crippen LogP contribution in [0.15, 0.2) is 59.2 Å². The van der Waals surface area contributed by atoms with Crippen LogP contribution in [0.4, 0.5) is 4.39 Å². The molecule has 106 valence electrons. The van der Waals surface area contributed by atoms with Crippen molar-refractivity contribution < 1.29 is 13.6 Å². The monoisotopic (exact) mass is 283 g/mol. The van der Waals surface area contributed by atoms with Gasteiger partial charge >= 0.3 is 0 Å². The maximum Gasteiger partial charge on any atom is 0.251 e. The van der Waals surface area contributed by atoms with Gasteiger partial charge in [-0.15, -0.1) is 0 Å². The lowest BCUT2D eigenvalue weighted by Crippen LogP contribution is -2.25. The Morgan fingerprint density at radius 2 is 1.86 bits per heavy atom. The van der Waals surface area contributed by atoms with E-state index in [1.165, 1.54) is 12.1 Å². The molecule has 2 aromatic carbocycles. The van der Waals surface area contributed by atoms with Gasteiger partial charge in [0, 0.05) is 23.9 Å². The predicted octanol–water partition coefficient (Wildman–Crippen LogP) is 3.54. The largest absolute Gasteiger partial charge is 0.469 e. The topological polar surface area (TPSA) is 42.2 Å². The van der Waals surface area contributed by atoms with Gasteiger partial charge in [-0.1, -0.05) is 24.3 Å². The number of amides is 1. The van der Waals surface area contributed by atoms with Crippen LogP contribution in [0.3, 0.4) is 0 Å². The zero-order valence-corrected chi connectivity index (χ0v) is 11.3. The van der Waals surface area contributed by atoms with Crippen molar-refractivity contribution in [1.29, 1.82) is 0 Å². The van der Waals surface area contributed by atoms with E-state index in [1.54, 1.807) is 30.5 Å². The summed E-state index contributed by atoms with van der Waals surface area (Å²) in [6.07, 6.45) is 2.22. The number of hydrogen-bond acceptors (Lipinski definition) is 2. The van der Waals surface area contributed by atoms with Crippen molar-refractivity contribution in [2.45, 2.75) is 6.42 Å². The molecule has 0 aliphatic carbocycles. The number of nitrogens with one attached hydrogen (secondary N) is 1. The number of halogens is 1. The molecule has 0 bridgehead atoms. The van der Waals surface area contributed by atoms with E-state index in [0.29, 0.717) is 29.3 Å². The summed E-state index contributed by atoms with van der Waals surface area (Å²) in [5.41, 5.74) is 0.478. The van der Waals surface area contributed by atoms with Gasteiger partial charge in [0.2, 0.25) is 0 Å². The minimum Gasteiger partial charge on any atom is -0.469 e. The van der Waals surface area contributed by atoms with Crippen LogP contribution in [-0.4, -0.2) is 12.5 Å². The summed E-state index contributed by atoms with van der Waals surface area (Å²) >= 11 is 0. The fourth-order valence-corrected chi connectivity index (χ4v) is 2.31. The fourth-order valence-electron chi connectivity index (χ4n) is 2.31. The number of benzene rings is 2. The van der Waals surface area contributed by atoms with Gasteiger partial charge in [-0.2, -0.15) is 0 Å². The van der Waals surface area contributed by atoms with Gasteiger partial charge in [-0.3, -0.25) is 4.79 Å². The summed E-state index contributed by atoms with van der Waals surface area (Å²) in [6.45, 7) is 0.470. The van der Waals surface area contributed by atoms with E-state index in [2.05, 4.69) is 5.32 Å². The molecule has 1 aromatic heterocycles. The number of carbonyl (C=O) groups excluding carboxylic acids is 1. The average Bonchev–Trinajstić information content (AvgIpc) is 3.01. The smallest absolute Gasteiger partial charge is 0.251 e. The molecule has 1 N–H and O–H groups in total. The first kappa shape index (κ1) is 13.4. The summed E-state index contributed by atoms with van der Waals surface area (Å²) in [7, 11) is 0. The molecule has 0 saturated carbocycles. The molecule has 0 aliphatic rings. The third kappa shape index (κ3) is 2.79. The number of rotatable bonds is 4. The number of hydrogen-bond donors (Lipinski definition) is 1. The quantitative estimate of drug-likeness (QED) is 0.795. The lowest BCUT2D eigenvalue weighted by Gasteiger charge is -2.08. The third-order valence-corrected chi connectivity index (χ3v) is 3.35. The van der Waals surface area contributed by atoms with Crippen LogP contribution in [0, 0.1) is 5.82 Å². The van der Waals surface area contributed by atoms with E-state index in [0.717, 1.165) is 5.76 Å². The molecule has 0 saturated heterocycles. The molecule has 0 spiro atoms. The molecule has 3 nitrogen and oxygen atoms in total. The van der Waals surface area contributed by atoms with Crippen LogP contribution >= 0.6 is 0 Å². The molecule has 0 fully saturated rings. The predicted molar refractivity (Wildman–Crippen MR) is 78.7 cm³/mol. The first-order chi connectivity index (χ1) is 10.3. The van der Waals surface area contributed by atoms with Gasteiger partial charge in [0.1, 0.15) is 11.6 Å². The normalized spacial score (nSPS) is 10.7. The minimum absolute atomic E-state index is 0.210. The second-order valence-electron chi connectivity index (χ2n) is 4.73. The second kappa shape index (κ2) is 5.79. The number of furan rings is 1. The van der Waals surface area contributed by atoms with Gasteiger partial charge in [-0.25, -0.2) is 4.39 Å². The summed E-state index contributed by atoms with van der Waals surface area (Å²) in [5, 5.41) is 3.90. The fraction of sp³-hybridized carbons (Fsp3) is 0.118. The van der Waals surface area contributed by atoms with Gasteiger partial charge in [-0.05, 0) is 29.7 Å². The zero-order chi connectivity index (χ0) is 14.7. The van der Waals surface area contributed by atoms with E-state index < -0.39 is 0 Å². The van der Waals surface area contributed by atoms with Crippen LogP contribution < -0.4 is 5.32 Å². The highest BCUT2D eigenvalue weighted by atomic mass is 19.1. The summed E-state index contributed by atoms with van der Waals surface area (Å²) in [4.78, 5) is 12.2. The molecule has 21 heavy (non-hydrogen) atoms. The van der Waals surface area contributed by atoms with Crippen molar-refractivity contribution in [2.24, 2.45) is 0 Å². The number of fused-ring (bicyclic) bond motifs is 1. The Bertz CT molecular complexity index is 766. The van der Waals surface area contributed by atoms with Crippen molar-refractivity contribution in [1.82, 2.24) is 5.32 Å². The molecular formula is C17H14FNO2. The lowest BCUT2D eigenvalue weighted by atomic mass is 10.0. The molecule has 0 unspecified atom stereocenters. The first-order valence-corrected chi connectivity index (χ1v) is 6.73. The zero-order valence-electron chi connectivity index (χ0n) is 11.3. The van der Waals surface area contributed by atoms with E-state index in [1.807, 2.05) is 12.1 Å². The molecule has 0 atom stereocenters. The molecule has 4 heteroatoms. The average molecular weight is 283 g/mol. The minimum atomic E-state index is -0.322. The highest BCUT2D eigenvalue weighted by Gasteiger charge is 2.11. The van der Waals surface area contributed by atoms with Crippen molar-refractivity contribution in [2.75, 3.05) is 6.54 Å². The molecule has 1 heterocycles. The maximum atomic E-state index is 13.7. The van der Waals surface area contributed by atoms with Gasteiger partial charge in [0.15, 0.2) is 0 Å². The lowest BCUT2D eigenvalue weighted by molar-refractivity contribution is 0.0955. The Morgan fingerprint density at radius 1 is 1.05 bits per heavy atom. The van der Waals surface area contributed by atoms with Crippen molar-refractivity contribution in [3.8, 4) is 0 Å². The van der Waals surface area contributed by atoms with Gasteiger partial charge in [0.25, 0.3) is 5.91 Å². The molecule has 1 amide bonds. The van der Waals surface area contributed by atoms with Gasteiger partial charge < -0.3 is 9.73 Å². The van der Waals surface area contributed by atoms with E-state index in [4.69, 9.17) is 4.42 Å². The van der Waals surface area contributed by atoms with Crippen LogP contribution in [0.1, 0.15) is 16.1 Å². The van der Waals surface area contributed by atoms with E-state index >= 15 is 0 Å². The van der Waals surface area contributed by atoms with Crippen molar-refractivity contribution >= 4 is 16.7 Å². The van der Waals surface area contributed by atoms with Gasteiger partial charge in [0.05, 0.1) is 6.26 Å². The molecular weight excluding hydrogens is 269 g/mol. The maximum absolute atomic E-state index is 13.7. The Morgan fingerprint density at radius 3 is 2.62 bits per heavy atom. The molecule has 0 aliphatic heterocycles. The Hall–Kier alpha value is -2.62. The highest BCUT2D eigenvalue weighted by molar-refractivity contribution is 6.07. The highest BCUT2D eigenvalue weighted by Crippen LogP contribution is 2.21. The molecule has 0 radical (unpaired) electrons. The third-order valence-electron chi connectivity index (χ3n) is 3.35. The van der Waals surface area contributed by atoms with E-state index in [-0.39, 0.29) is 11.7 Å². The first-order valence-electron chi connectivity index (χ1n) is 6.73. The van der Waals surface area contributed by atoms with Crippen LogP contribution in [0.2, 0.25) is 0 Å². The summed E-state index contributed by atoms with van der Waals surface area (Å²) < 4.78 is 18.9. The number of carbonyl (C=O) groups is 1.